The molecule has 0 aromatic rings. The molecular weight excluding hydrogens is 430 g/mol. The van der Waals surface area contributed by atoms with Crippen LogP contribution in [0.2, 0.25) is 0 Å². The minimum atomic E-state index is 0.0115. The second-order valence-electron chi connectivity index (χ2n) is 11.0. The molecule has 0 rings (SSSR count). The van der Waals surface area contributed by atoms with E-state index in [0.29, 0.717) is 13.0 Å². The van der Waals surface area contributed by atoms with Crippen molar-refractivity contribution in [2.75, 3.05) is 19.7 Å². The lowest BCUT2D eigenvalue weighted by atomic mass is 9.92. The molecule has 0 radical (unpaired) electrons. The van der Waals surface area contributed by atoms with Gasteiger partial charge in [0, 0.05) is 6.42 Å². The first-order valence-electron chi connectivity index (χ1n) is 16.1. The standard InChI is InChI=1S/C32H65NO2/c1-4-7-10-13-15-16-18-22-28-33-29-23-21-26-32(34)35-30-27-31(24-19-12-9-6-3)25-20-17-14-11-8-5-2/h31,33H,4-30H2,1-3H3. The van der Waals surface area contributed by atoms with E-state index in [-0.39, 0.29) is 5.97 Å². The average Bonchev–Trinajstić information content (AvgIpc) is 2.86. The summed E-state index contributed by atoms with van der Waals surface area (Å²) in [4.78, 5) is 12.1. The monoisotopic (exact) mass is 496 g/mol. The van der Waals surface area contributed by atoms with Crippen LogP contribution in [0.15, 0.2) is 0 Å². The molecule has 0 spiro atoms. The Morgan fingerprint density at radius 1 is 0.543 bits per heavy atom. The summed E-state index contributed by atoms with van der Waals surface area (Å²) >= 11 is 0. The third-order valence-electron chi connectivity index (χ3n) is 7.41. The molecule has 0 aliphatic heterocycles. The van der Waals surface area contributed by atoms with E-state index in [0.717, 1.165) is 38.3 Å². The van der Waals surface area contributed by atoms with Crippen LogP contribution < -0.4 is 5.32 Å². The number of esters is 1. The third kappa shape index (κ3) is 27.9. The minimum absolute atomic E-state index is 0.0115. The van der Waals surface area contributed by atoms with Gasteiger partial charge in [-0.15, -0.1) is 0 Å². The van der Waals surface area contributed by atoms with Crippen LogP contribution in [0.3, 0.4) is 0 Å². The molecule has 0 saturated heterocycles. The van der Waals surface area contributed by atoms with Gasteiger partial charge in [-0.05, 0) is 44.7 Å². The highest BCUT2D eigenvalue weighted by atomic mass is 16.5. The molecule has 1 unspecified atom stereocenters. The number of ether oxygens (including phenoxy) is 1. The lowest BCUT2D eigenvalue weighted by Crippen LogP contribution is -2.17. The number of hydrogen-bond donors (Lipinski definition) is 1. The maximum Gasteiger partial charge on any atom is 0.305 e. The SMILES string of the molecule is CCCCCCCCCCNCCCCC(=O)OCCC(CCCCCC)CCCCCCCC. The molecule has 1 atom stereocenters. The van der Waals surface area contributed by atoms with Gasteiger partial charge in [0.05, 0.1) is 6.61 Å². The van der Waals surface area contributed by atoms with Gasteiger partial charge in [0.1, 0.15) is 0 Å². The van der Waals surface area contributed by atoms with Crippen LogP contribution >= 0.6 is 0 Å². The summed E-state index contributed by atoms with van der Waals surface area (Å²) < 4.78 is 5.61. The fourth-order valence-electron chi connectivity index (χ4n) is 4.95. The lowest BCUT2D eigenvalue weighted by Gasteiger charge is -2.17. The van der Waals surface area contributed by atoms with E-state index in [1.807, 2.05) is 0 Å². The van der Waals surface area contributed by atoms with E-state index in [2.05, 4.69) is 26.1 Å². The van der Waals surface area contributed by atoms with Gasteiger partial charge in [-0.2, -0.15) is 0 Å². The van der Waals surface area contributed by atoms with E-state index in [9.17, 15) is 4.79 Å². The summed E-state index contributed by atoms with van der Waals surface area (Å²) in [6, 6.07) is 0. The predicted octanol–water partition coefficient (Wildman–Crippen LogP) is 10.2. The summed E-state index contributed by atoms with van der Waals surface area (Å²) in [7, 11) is 0. The first-order chi connectivity index (χ1) is 17.2. The Kier molecular flexibility index (Phi) is 29.2. The van der Waals surface area contributed by atoms with Crippen molar-refractivity contribution in [1.29, 1.82) is 0 Å². The van der Waals surface area contributed by atoms with Crippen molar-refractivity contribution in [3.63, 3.8) is 0 Å². The highest BCUT2D eigenvalue weighted by molar-refractivity contribution is 5.69. The minimum Gasteiger partial charge on any atom is -0.466 e. The molecule has 0 aromatic heterocycles. The number of carbonyl (C=O) groups excluding carboxylic acids is 1. The van der Waals surface area contributed by atoms with Crippen molar-refractivity contribution in [1.82, 2.24) is 5.32 Å². The van der Waals surface area contributed by atoms with E-state index < -0.39 is 0 Å². The summed E-state index contributed by atoms with van der Waals surface area (Å²) in [6.45, 7) is 9.62. The fourth-order valence-corrected chi connectivity index (χ4v) is 4.95. The summed E-state index contributed by atoms with van der Waals surface area (Å²) in [5.74, 6) is 0.753. The summed E-state index contributed by atoms with van der Waals surface area (Å²) in [5.41, 5.74) is 0. The van der Waals surface area contributed by atoms with Gasteiger partial charge < -0.3 is 10.1 Å². The Labute approximate surface area is 221 Å². The number of carbonyl (C=O) groups is 1. The van der Waals surface area contributed by atoms with Crippen LogP contribution in [0.5, 0.6) is 0 Å². The molecule has 3 nitrogen and oxygen atoms in total. The van der Waals surface area contributed by atoms with E-state index in [1.165, 1.54) is 128 Å². The van der Waals surface area contributed by atoms with Crippen molar-refractivity contribution in [2.24, 2.45) is 5.92 Å². The van der Waals surface area contributed by atoms with Gasteiger partial charge in [-0.25, -0.2) is 0 Å². The normalized spacial score (nSPS) is 12.2. The Morgan fingerprint density at radius 2 is 0.971 bits per heavy atom. The molecule has 0 aliphatic rings. The largest absolute Gasteiger partial charge is 0.466 e. The second kappa shape index (κ2) is 29.7. The van der Waals surface area contributed by atoms with Gasteiger partial charge >= 0.3 is 5.97 Å². The Balaban J connectivity index is 3.68. The van der Waals surface area contributed by atoms with E-state index >= 15 is 0 Å². The maximum absolute atomic E-state index is 12.1. The highest BCUT2D eigenvalue weighted by Crippen LogP contribution is 2.22. The average molecular weight is 496 g/mol. The van der Waals surface area contributed by atoms with Crippen LogP contribution in [0.25, 0.3) is 0 Å². The first kappa shape index (κ1) is 34.4. The van der Waals surface area contributed by atoms with Gasteiger partial charge in [-0.1, -0.05) is 143 Å². The summed E-state index contributed by atoms with van der Waals surface area (Å²) in [6.07, 6.45) is 30.8. The zero-order valence-electron chi connectivity index (χ0n) is 24.5. The fraction of sp³-hybridized carbons (Fsp3) is 0.969. The van der Waals surface area contributed by atoms with Gasteiger partial charge in [-0.3, -0.25) is 4.79 Å². The molecule has 0 bridgehead atoms. The third-order valence-corrected chi connectivity index (χ3v) is 7.41. The number of nitrogens with one attached hydrogen (secondary N) is 1. The van der Waals surface area contributed by atoms with Gasteiger partial charge in [0.15, 0.2) is 0 Å². The van der Waals surface area contributed by atoms with Crippen molar-refractivity contribution in [2.45, 2.75) is 175 Å². The molecule has 3 heteroatoms. The summed E-state index contributed by atoms with van der Waals surface area (Å²) in [5, 5.41) is 3.54. The molecule has 1 N–H and O–H groups in total. The first-order valence-corrected chi connectivity index (χ1v) is 16.1. The lowest BCUT2D eigenvalue weighted by molar-refractivity contribution is -0.144. The van der Waals surface area contributed by atoms with Crippen molar-refractivity contribution < 1.29 is 9.53 Å². The topological polar surface area (TPSA) is 38.3 Å². The molecular formula is C32H65NO2. The molecule has 0 amide bonds. The Bertz CT molecular complexity index is 412. The molecule has 210 valence electrons. The van der Waals surface area contributed by atoms with Crippen molar-refractivity contribution >= 4 is 5.97 Å². The molecule has 0 aliphatic carbocycles. The smallest absolute Gasteiger partial charge is 0.305 e. The van der Waals surface area contributed by atoms with Crippen LogP contribution in [0.1, 0.15) is 175 Å². The Morgan fingerprint density at radius 3 is 1.51 bits per heavy atom. The van der Waals surface area contributed by atoms with Crippen LogP contribution in [-0.2, 0) is 9.53 Å². The second-order valence-corrected chi connectivity index (χ2v) is 11.0. The van der Waals surface area contributed by atoms with E-state index in [1.54, 1.807) is 0 Å². The van der Waals surface area contributed by atoms with Crippen LogP contribution in [0.4, 0.5) is 0 Å². The van der Waals surface area contributed by atoms with Crippen molar-refractivity contribution in [3.8, 4) is 0 Å². The zero-order valence-corrected chi connectivity index (χ0v) is 24.5. The number of hydrogen-bond acceptors (Lipinski definition) is 3. The van der Waals surface area contributed by atoms with Gasteiger partial charge in [0.2, 0.25) is 0 Å². The Hall–Kier alpha value is -0.570. The molecule has 0 aromatic carbocycles. The van der Waals surface area contributed by atoms with Gasteiger partial charge in [0.25, 0.3) is 0 Å². The quantitative estimate of drug-likeness (QED) is 0.0828. The maximum atomic E-state index is 12.1. The highest BCUT2D eigenvalue weighted by Gasteiger charge is 2.11. The molecule has 0 heterocycles. The van der Waals surface area contributed by atoms with E-state index in [4.69, 9.17) is 4.74 Å². The predicted molar refractivity (Wildman–Crippen MR) is 155 cm³/mol. The molecule has 0 saturated carbocycles. The zero-order chi connectivity index (χ0) is 25.7. The molecule has 0 fully saturated rings. The number of unbranched alkanes of at least 4 members (excludes halogenated alkanes) is 16. The number of rotatable bonds is 29. The van der Waals surface area contributed by atoms with Crippen molar-refractivity contribution in [3.05, 3.63) is 0 Å². The molecule has 35 heavy (non-hydrogen) atoms. The van der Waals surface area contributed by atoms with Crippen LogP contribution in [-0.4, -0.2) is 25.7 Å². The van der Waals surface area contributed by atoms with Crippen LogP contribution in [0, 0.1) is 5.92 Å².